The van der Waals surface area contributed by atoms with Crippen LogP contribution in [0.5, 0.6) is 0 Å². The van der Waals surface area contributed by atoms with Crippen molar-refractivity contribution in [1.82, 2.24) is 5.48 Å². The SMILES string of the molecule is CONCc1cccs1. The van der Waals surface area contributed by atoms with E-state index in [2.05, 4.69) is 16.4 Å². The monoisotopic (exact) mass is 143 g/mol. The second kappa shape index (κ2) is 3.61. The maximum absolute atomic E-state index is 4.67. The first-order chi connectivity index (χ1) is 4.43. The Balaban J connectivity index is 2.30. The molecule has 3 heteroatoms. The Bertz CT molecular complexity index is 150. The largest absolute Gasteiger partial charge is 0.305 e. The lowest BCUT2D eigenvalue weighted by molar-refractivity contribution is 0.0874. The van der Waals surface area contributed by atoms with E-state index in [0.29, 0.717) is 0 Å². The average Bonchev–Trinajstić information content (AvgIpc) is 2.34. The van der Waals surface area contributed by atoms with Crippen molar-refractivity contribution in [3.8, 4) is 0 Å². The Morgan fingerprint density at radius 3 is 3.22 bits per heavy atom. The van der Waals surface area contributed by atoms with Crippen LogP contribution in [0.4, 0.5) is 0 Å². The average molecular weight is 143 g/mol. The third-order valence-electron chi connectivity index (χ3n) is 0.971. The van der Waals surface area contributed by atoms with E-state index in [-0.39, 0.29) is 0 Å². The lowest BCUT2D eigenvalue weighted by Gasteiger charge is -1.95. The number of hydrogen-bond acceptors (Lipinski definition) is 3. The van der Waals surface area contributed by atoms with Crippen molar-refractivity contribution >= 4 is 11.3 Å². The van der Waals surface area contributed by atoms with E-state index in [9.17, 15) is 0 Å². The molecule has 0 spiro atoms. The van der Waals surface area contributed by atoms with Gasteiger partial charge in [-0.1, -0.05) is 6.07 Å². The summed E-state index contributed by atoms with van der Waals surface area (Å²) in [6, 6.07) is 4.09. The summed E-state index contributed by atoms with van der Waals surface area (Å²) in [7, 11) is 1.62. The quantitative estimate of drug-likeness (QED) is 0.646. The van der Waals surface area contributed by atoms with E-state index in [0.717, 1.165) is 6.54 Å². The van der Waals surface area contributed by atoms with E-state index < -0.39 is 0 Å². The summed E-state index contributed by atoms with van der Waals surface area (Å²) in [6.45, 7) is 0.800. The molecule has 1 aromatic heterocycles. The van der Waals surface area contributed by atoms with Crippen LogP contribution in [0.1, 0.15) is 4.88 Å². The third kappa shape index (κ3) is 2.13. The van der Waals surface area contributed by atoms with Crippen LogP contribution in [0.15, 0.2) is 17.5 Å². The highest BCUT2D eigenvalue weighted by molar-refractivity contribution is 7.09. The Morgan fingerprint density at radius 1 is 1.78 bits per heavy atom. The van der Waals surface area contributed by atoms with Crippen molar-refractivity contribution in [2.24, 2.45) is 0 Å². The second-order valence-electron chi connectivity index (χ2n) is 1.60. The molecule has 0 bridgehead atoms. The minimum Gasteiger partial charge on any atom is -0.305 e. The summed E-state index contributed by atoms with van der Waals surface area (Å²) in [6.07, 6.45) is 0. The topological polar surface area (TPSA) is 21.3 Å². The van der Waals surface area contributed by atoms with Gasteiger partial charge >= 0.3 is 0 Å². The van der Waals surface area contributed by atoms with Gasteiger partial charge in [-0.25, -0.2) is 0 Å². The standard InChI is InChI=1S/C6H9NOS/c1-8-7-5-6-3-2-4-9-6/h2-4,7H,5H2,1H3. The lowest BCUT2D eigenvalue weighted by atomic mass is 10.5. The van der Waals surface area contributed by atoms with Gasteiger partial charge in [-0.15, -0.1) is 11.3 Å². The fraction of sp³-hybridized carbons (Fsp3) is 0.333. The molecule has 1 N–H and O–H groups in total. The molecule has 1 aromatic rings. The summed E-state index contributed by atoms with van der Waals surface area (Å²) in [5.41, 5.74) is 2.76. The number of thiophene rings is 1. The first kappa shape index (κ1) is 6.74. The molecule has 0 aliphatic heterocycles. The first-order valence-electron chi connectivity index (χ1n) is 2.71. The minimum absolute atomic E-state index is 0.800. The minimum atomic E-state index is 0.800. The zero-order valence-electron chi connectivity index (χ0n) is 5.26. The van der Waals surface area contributed by atoms with Gasteiger partial charge in [0.05, 0.1) is 13.7 Å². The van der Waals surface area contributed by atoms with Crippen LogP contribution >= 0.6 is 11.3 Å². The molecule has 1 rings (SSSR count). The predicted octanol–water partition coefficient (Wildman–Crippen LogP) is 1.40. The second-order valence-corrected chi connectivity index (χ2v) is 2.64. The number of rotatable bonds is 3. The Labute approximate surface area is 58.4 Å². The smallest absolute Gasteiger partial charge is 0.0572 e. The Morgan fingerprint density at radius 2 is 2.67 bits per heavy atom. The van der Waals surface area contributed by atoms with Crippen molar-refractivity contribution in [3.63, 3.8) is 0 Å². The third-order valence-corrected chi connectivity index (χ3v) is 1.85. The summed E-state index contributed by atoms with van der Waals surface area (Å²) in [4.78, 5) is 5.96. The fourth-order valence-electron chi connectivity index (χ4n) is 0.556. The van der Waals surface area contributed by atoms with E-state index in [1.165, 1.54) is 4.88 Å². The van der Waals surface area contributed by atoms with Crippen LogP contribution in [0.25, 0.3) is 0 Å². The van der Waals surface area contributed by atoms with Gasteiger partial charge in [-0.3, -0.25) is 0 Å². The molecule has 0 aromatic carbocycles. The van der Waals surface area contributed by atoms with Gasteiger partial charge in [0.1, 0.15) is 0 Å². The molecule has 1 heterocycles. The van der Waals surface area contributed by atoms with Crippen LogP contribution < -0.4 is 5.48 Å². The molecule has 0 aliphatic carbocycles. The molecule has 0 saturated heterocycles. The van der Waals surface area contributed by atoms with Crippen LogP contribution in [-0.4, -0.2) is 7.11 Å². The van der Waals surface area contributed by atoms with Crippen molar-refractivity contribution in [2.45, 2.75) is 6.54 Å². The molecule has 0 fully saturated rings. The summed E-state index contributed by atoms with van der Waals surface area (Å²) in [5, 5.41) is 2.05. The zero-order valence-corrected chi connectivity index (χ0v) is 6.07. The zero-order chi connectivity index (χ0) is 6.53. The number of hydroxylamine groups is 1. The molecule has 0 saturated carbocycles. The Kier molecular flexibility index (Phi) is 2.70. The van der Waals surface area contributed by atoms with E-state index in [4.69, 9.17) is 0 Å². The maximum atomic E-state index is 4.67. The van der Waals surface area contributed by atoms with Crippen LogP contribution in [0.2, 0.25) is 0 Å². The van der Waals surface area contributed by atoms with E-state index >= 15 is 0 Å². The van der Waals surface area contributed by atoms with Crippen molar-refractivity contribution in [1.29, 1.82) is 0 Å². The normalized spacial score (nSPS) is 9.89. The van der Waals surface area contributed by atoms with E-state index in [1.807, 2.05) is 11.4 Å². The van der Waals surface area contributed by atoms with Gasteiger partial charge < -0.3 is 4.84 Å². The van der Waals surface area contributed by atoms with Gasteiger partial charge in [0.25, 0.3) is 0 Å². The molecule has 0 atom stereocenters. The van der Waals surface area contributed by atoms with Gasteiger partial charge in [-0.2, -0.15) is 5.48 Å². The lowest BCUT2D eigenvalue weighted by Crippen LogP contribution is -2.09. The van der Waals surface area contributed by atoms with Crippen molar-refractivity contribution in [3.05, 3.63) is 22.4 Å². The highest BCUT2D eigenvalue weighted by Gasteiger charge is 1.88. The van der Waals surface area contributed by atoms with Gasteiger partial charge in [0.15, 0.2) is 0 Å². The molecule has 0 radical (unpaired) electrons. The molecule has 2 nitrogen and oxygen atoms in total. The summed E-state index contributed by atoms with van der Waals surface area (Å²) < 4.78 is 0. The Hall–Kier alpha value is -0.380. The number of hydrogen-bond donors (Lipinski definition) is 1. The van der Waals surface area contributed by atoms with Gasteiger partial charge in [0, 0.05) is 4.88 Å². The van der Waals surface area contributed by atoms with Crippen LogP contribution in [-0.2, 0) is 11.4 Å². The molecule has 0 amide bonds. The van der Waals surface area contributed by atoms with Crippen LogP contribution in [0, 0.1) is 0 Å². The fourth-order valence-corrected chi connectivity index (χ4v) is 1.19. The first-order valence-corrected chi connectivity index (χ1v) is 3.59. The molecule has 0 aliphatic rings. The van der Waals surface area contributed by atoms with Gasteiger partial charge in [0.2, 0.25) is 0 Å². The highest BCUT2D eigenvalue weighted by Crippen LogP contribution is 2.06. The molecular weight excluding hydrogens is 134 g/mol. The summed E-state index contributed by atoms with van der Waals surface area (Å²) >= 11 is 1.72. The van der Waals surface area contributed by atoms with Gasteiger partial charge in [-0.05, 0) is 11.4 Å². The predicted molar refractivity (Wildman–Crippen MR) is 38.2 cm³/mol. The number of nitrogens with one attached hydrogen (secondary N) is 1. The van der Waals surface area contributed by atoms with Crippen LogP contribution in [0.3, 0.4) is 0 Å². The van der Waals surface area contributed by atoms with Crippen molar-refractivity contribution in [2.75, 3.05) is 7.11 Å². The molecule has 9 heavy (non-hydrogen) atoms. The van der Waals surface area contributed by atoms with E-state index in [1.54, 1.807) is 18.4 Å². The maximum Gasteiger partial charge on any atom is 0.0572 e. The van der Waals surface area contributed by atoms with Crippen molar-refractivity contribution < 1.29 is 4.84 Å². The molecule has 50 valence electrons. The molecule has 0 unspecified atom stereocenters. The highest BCUT2D eigenvalue weighted by atomic mass is 32.1. The summed E-state index contributed by atoms with van der Waals surface area (Å²) in [5.74, 6) is 0. The molecular formula is C6H9NOS.